The molecular weight excluding hydrogens is 274 g/mol. The molecule has 0 unspecified atom stereocenters. The second-order valence-corrected chi connectivity index (χ2v) is 7.89. The molecule has 0 aromatic carbocycles. The predicted octanol–water partition coefficient (Wildman–Crippen LogP) is 0.650. The third-order valence-electron chi connectivity index (χ3n) is 3.81. The largest absolute Gasteiger partial charge is 0.314 e. The van der Waals surface area contributed by atoms with Gasteiger partial charge in [0, 0.05) is 26.2 Å². The van der Waals surface area contributed by atoms with Crippen LogP contribution in [-0.2, 0) is 10.2 Å². The molecule has 2 aliphatic rings. The normalized spacial score (nSPS) is 19.5. The summed E-state index contributed by atoms with van der Waals surface area (Å²) in [6, 6.07) is 0.671. The smallest absolute Gasteiger partial charge is 0.282 e. The average molecular weight is 299 g/mol. The van der Waals surface area contributed by atoms with E-state index in [1.165, 1.54) is 21.5 Å². The van der Waals surface area contributed by atoms with Crippen LogP contribution in [0.1, 0.15) is 32.1 Å². The fraction of sp³-hybridized carbons (Fsp3) is 0.857. The van der Waals surface area contributed by atoms with Gasteiger partial charge in [0.25, 0.3) is 10.2 Å². The van der Waals surface area contributed by atoms with E-state index in [4.69, 9.17) is 6.42 Å². The third-order valence-corrected chi connectivity index (χ3v) is 5.71. The Labute approximate surface area is 122 Å². The van der Waals surface area contributed by atoms with E-state index in [0.29, 0.717) is 25.0 Å². The lowest BCUT2D eigenvalue weighted by Crippen LogP contribution is -2.43. The van der Waals surface area contributed by atoms with E-state index in [2.05, 4.69) is 11.2 Å². The minimum Gasteiger partial charge on any atom is -0.314 e. The van der Waals surface area contributed by atoms with Crippen molar-refractivity contribution in [2.45, 2.75) is 38.1 Å². The second-order valence-electron chi connectivity index (χ2n) is 5.85. The molecule has 20 heavy (non-hydrogen) atoms. The van der Waals surface area contributed by atoms with Crippen LogP contribution < -0.4 is 5.32 Å². The van der Waals surface area contributed by atoms with E-state index < -0.39 is 10.2 Å². The molecular formula is C14H25N3O2S. The molecule has 0 spiro atoms. The van der Waals surface area contributed by atoms with E-state index in [0.717, 1.165) is 25.8 Å². The SMILES string of the molecule is C#CCN(CC1CC1)S(=O)(=O)N(C)CCCNC1CC1. The van der Waals surface area contributed by atoms with Crippen molar-refractivity contribution < 1.29 is 8.42 Å². The zero-order chi connectivity index (χ0) is 14.6. The van der Waals surface area contributed by atoms with E-state index in [-0.39, 0.29) is 6.54 Å². The van der Waals surface area contributed by atoms with Crippen LogP contribution in [0.2, 0.25) is 0 Å². The Balaban J connectivity index is 1.79. The van der Waals surface area contributed by atoms with Crippen LogP contribution in [0.3, 0.4) is 0 Å². The average Bonchev–Trinajstić information content (AvgIpc) is 3.27. The monoisotopic (exact) mass is 299 g/mol. The highest BCUT2D eigenvalue weighted by atomic mass is 32.2. The molecule has 1 N–H and O–H groups in total. The zero-order valence-electron chi connectivity index (χ0n) is 12.2. The topological polar surface area (TPSA) is 52.7 Å². The molecule has 114 valence electrons. The number of hydrogen-bond acceptors (Lipinski definition) is 3. The molecule has 2 rings (SSSR count). The van der Waals surface area contributed by atoms with Gasteiger partial charge in [-0.3, -0.25) is 0 Å². The van der Waals surface area contributed by atoms with E-state index in [9.17, 15) is 8.42 Å². The van der Waals surface area contributed by atoms with E-state index >= 15 is 0 Å². The number of hydrogen-bond donors (Lipinski definition) is 1. The first kappa shape index (κ1) is 15.8. The summed E-state index contributed by atoms with van der Waals surface area (Å²) < 4.78 is 27.8. The summed E-state index contributed by atoms with van der Waals surface area (Å²) in [6.07, 6.45) is 10.9. The molecule has 2 saturated carbocycles. The Bertz CT molecular complexity index is 450. The van der Waals surface area contributed by atoms with Gasteiger partial charge in [-0.2, -0.15) is 17.0 Å². The summed E-state index contributed by atoms with van der Waals surface area (Å²) in [5.41, 5.74) is 0. The van der Waals surface area contributed by atoms with Crippen molar-refractivity contribution in [2.75, 3.05) is 33.2 Å². The maximum absolute atomic E-state index is 12.5. The highest BCUT2D eigenvalue weighted by molar-refractivity contribution is 7.86. The standard InChI is InChI=1S/C14H25N3O2S/c1-3-10-17(12-13-5-6-13)20(18,19)16(2)11-4-9-15-14-7-8-14/h1,13-15H,4-12H2,2H3. The molecule has 0 aliphatic heterocycles. The summed E-state index contributed by atoms with van der Waals surface area (Å²) >= 11 is 0. The van der Waals surface area contributed by atoms with Crippen LogP contribution in [0.4, 0.5) is 0 Å². The van der Waals surface area contributed by atoms with Gasteiger partial charge in [0.2, 0.25) is 0 Å². The Morgan fingerprint density at radius 3 is 2.55 bits per heavy atom. The third kappa shape index (κ3) is 4.74. The van der Waals surface area contributed by atoms with E-state index in [1.54, 1.807) is 7.05 Å². The molecule has 2 aliphatic carbocycles. The molecule has 6 heteroatoms. The maximum atomic E-state index is 12.5. The van der Waals surface area contributed by atoms with Gasteiger partial charge in [-0.15, -0.1) is 6.42 Å². The number of terminal acetylenes is 1. The van der Waals surface area contributed by atoms with Crippen molar-refractivity contribution in [3.05, 3.63) is 0 Å². The molecule has 2 fully saturated rings. The lowest BCUT2D eigenvalue weighted by molar-refractivity contribution is 0.366. The molecule has 0 radical (unpaired) electrons. The van der Waals surface area contributed by atoms with Crippen molar-refractivity contribution >= 4 is 10.2 Å². The highest BCUT2D eigenvalue weighted by Gasteiger charge is 2.32. The zero-order valence-corrected chi connectivity index (χ0v) is 13.0. The van der Waals surface area contributed by atoms with Crippen LogP contribution in [-0.4, -0.2) is 56.3 Å². The number of rotatable bonds is 10. The van der Waals surface area contributed by atoms with Crippen molar-refractivity contribution in [2.24, 2.45) is 5.92 Å². The first-order chi connectivity index (χ1) is 9.54. The maximum Gasteiger partial charge on any atom is 0.282 e. The summed E-state index contributed by atoms with van der Waals surface area (Å²) in [4.78, 5) is 0. The van der Waals surface area contributed by atoms with Gasteiger partial charge >= 0.3 is 0 Å². The van der Waals surface area contributed by atoms with Gasteiger partial charge in [-0.1, -0.05) is 5.92 Å². The fourth-order valence-electron chi connectivity index (χ4n) is 2.14. The summed E-state index contributed by atoms with van der Waals surface area (Å²) in [6.45, 7) is 2.15. The van der Waals surface area contributed by atoms with Gasteiger partial charge in [-0.25, -0.2) is 0 Å². The molecule has 0 aromatic rings. The van der Waals surface area contributed by atoms with Gasteiger partial charge in [0.05, 0.1) is 6.54 Å². The fourth-order valence-corrected chi connectivity index (χ4v) is 3.53. The molecule has 0 aromatic heterocycles. The number of nitrogens with one attached hydrogen (secondary N) is 1. The van der Waals surface area contributed by atoms with Crippen LogP contribution in [0.5, 0.6) is 0 Å². The highest BCUT2D eigenvalue weighted by Crippen LogP contribution is 2.30. The first-order valence-corrected chi connectivity index (χ1v) is 8.82. The summed E-state index contributed by atoms with van der Waals surface area (Å²) in [5.74, 6) is 2.96. The summed E-state index contributed by atoms with van der Waals surface area (Å²) in [5, 5.41) is 3.39. The predicted molar refractivity (Wildman–Crippen MR) is 80.3 cm³/mol. The molecule has 0 heterocycles. The molecule has 0 atom stereocenters. The minimum atomic E-state index is -3.41. The Morgan fingerprint density at radius 1 is 1.30 bits per heavy atom. The first-order valence-electron chi connectivity index (χ1n) is 7.42. The van der Waals surface area contributed by atoms with Crippen LogP contribution in [0.15, 0.2) is 0 Å². The van der Waals surface area contributed by atoms with Crippen LogP contribution in [0.25, 0.3) is 0 Å². The molecule has 0 saturated heterocycles. The van der Waals surface area contributed by atoms with Gasteiger partial charge in [0.1, 0.15) is 0 Å². The Kier molecular flexibility index (Phi) is 5.44. The summed E-state index contributed by atoms with van der Waals surface area (Å²) in [7, 11) is -1.77. The van der Waals surface area contributed by atoms with Crippen LogP contribution in [0, 0.1) is 18.3 Å². The second kappa shape index (κ2) is 6.90. The lowest BCUT2D eigenvalue weighted by Gasteiger charge is -2.26. The molecule has 5 nitrogen and oxygen atoms in total. The van der Waals surface area contributed by atoms with Crippen LogP contribution >= 0.6 is 0 Å². The van der Waals surface area contributed by atoms with Gasteiger partial charge in [-0.05, 0) is 44.6 Å². The van der Waals surface area contributed by atoms with Crippen molar-refractivity contribution in [1.29, 1.82) is 0 Å². The van der Waals surface area contributed by atoms with Gasteiger partial charge < -0.3 is 5.32 Å². The molecule has 0 bridgehead atoms. The van der Waals surface area contributed by atoms with E-state index in [1.807, 2.05) is 0 Å². The Morgan fingerprint density at radius 2 is 2.00 bits per heavy atom. The van der Waals surface area contributed by atoms with Crippen molar-refractivity contribution in [1.82, 2.24) is 13.9 Å². The van der Waals surface area contributed by atoms with Crippen molar-refractivity contribution in [3.63, 3.8) is 0 Å². The molecule has 0 amide bonds. The lowest BCUT2D eigenvalue weighted by atomic mass is 10.4. The minimum absolute atomic E-state index is 0.170. The number of nitrogens with zero attached hydrogens (tertiary/aromatic N) is 2. The van der Waals surface area contributed by atoms with Gasteiger partial charge in [0.15, 0.2) is 0 Å². The Hall–Kier alpha value is -0.610. The quantitative estimate of drug-likeness (QED) is 0.476. The van der Waals surface area contributed by atoms with Crippen molar-refractivity contribution in [3.8, 4) is 12.3 Å².